The van der Waals surface area contributed by atoms with Gasteiger partial charge in [0.2, 0.25) is 5.91 Å². The SMILES string of the molecule is CN=C(NCCc1c(OC)cc(OC)cc1OC)NC1CCN(C(=O)C2CCCC2)C1.I. The molecule has 3 rings (SSSR count). The molecule has 1 saturated heterocycles. The molecule has 1 aliphatic carbocycles. The third-order valence-corrected chi connectivity index (χ3v) is 6.25. The Morgan fingerprint density at radius 2 is 1.75 bits per heavy atom. The van der Waals surface area contributed by atoms with E-state index in [9.17, 15) is 4.79 Å². The van der Waals surface area contributed by atoms with E-state index in [0.717, 1.165) is 55.4 Å². The van der Waals surface area contributed by atoms with Crippen LogP contribution in [-0.2, 0) is 11.2 Å². The van der Waals surface area contributed by atoms with Gasteiger partial charge in [0.1, 0.15) is 17.2 Å². The highest BCUT2D eigenvalue weighted by Crippen LogP contribution is 2.34. The molecule has 1 heterocycles. The third-order valence-electron chi connectivity index (χ3n) is 6.25. The standard InChI is InChI=1S/C23H36N4O4.HI/c1-24-23(26-17-10-12-27(15-17)22(28)16-7-5-6-8-16)25-11-9-19-20(30-3)13-18(29-2)14-21(19)31-4;/h13-14,16-17H,5-12,15H2,1-4H3,(H2,24,25,26);1H. The Labute approximate surface area is 208 Å². The van der Waals surface area contributed by atoms with Gasteiger partial charge in [0.15, 0.2) is 5.96 Å². The quantitative estimate of drug-likeness (QED) is 0.289. The van der Waals surface area contributed by atoms with Crippen LogP contribution in [0, 0.1) is 5.92 Å². The molecule has 1 atom stereocenters. The number of hydrogen-bond donors (Lipinski definition) is 2. The summed E-state index contributed by atoms with van der Waals surface area (Å²) < 4.78 is 16.4. The number of aliphatic imine (C=N–C) groups is 1. The number of nitrogens with zero attached hydrogens (tertiary/aromatic N) is 2. The summed E-state index contributed by atoms with van der Waals surface area (Å²) in [6.07, 6.45) is 6.12. The number of amides is 1. The molecule has 8 nitrogen and oxygen atoms in total. The van der Waals surface area contributed by atoms with Gasteiger partial charge in [-0.25, -0.2) is 0 Å². The lowest BCUT2D eigenvalue weighted by Crippen LogP contribution is -2.45. The van der Waals surface area contributed by atoms with E-state index in [1.54, 1.807) is 28.4 Å². The van der Waals surface area contributed by atoms with E-state index in [2.05, 4.69) is 15.6 Å². The van der Waals surface area contributed by atoms with Crippen LogP contribution >= 0.6 is 24.0 Å². The van der Waals surface area contributed by atoms with Gasteiger partial charge in [-0.2, -0.15) is 0 Å². The molecule has 0 radical (unpaired) electrons. The molecule has 0 spiro atoms. The smallest absolute Gasteiger partial charge is 0.225 e. The molecule has 0 aromatic heterocycles. The second-order valence-corrected chi connectivity index (χ2v) is 8.16. The summed E-state index contributed by atoms with van der Waals surface area (Å²) in [5, 5.41) is 6.83. The van der Waals surface area contributed by atoms with Gasteiger partial charge in [0.25, 0.3) is 0 Å². The molecule has 9 heteroatoms. The number of hydrogen-bond acceptors (Lipinski definition) is 5. The average Bonchev–Trinajstić information content (AvgIpc) is 3.50. The van der Waals surface area contributed by atoms with Gasteiger partial charge < -0.3 is 29.7 Å². The van der Waals surface area contributed by atoms with Gasteiger partial charge in [-0.3, -0.25) is 9.79 Å². The number of rotatable bonds is 8. The first kappa shape index (κ1) is 26.3. The molecular weight excluding hydrogens is 523 g/mol. The highest BCUT2D eigenvalue weighted by Gasteiger charge is 2.32. The Hall–Kier alpha value is -1.91. The van der Waals surface area contributed by atoms with Crippen molar-refractivity contribution in [2.24, 2.45) is 10.9 Å². The van der Waals surface area contributed by atoms with Crippen LogP contribution in [0.15, 0.2) is 17.1 Å². The van der Waals surface area contributed by atoms with Crippen molar-refractivity contribution in [3.63, 3.8) is 0 Å². The number of likely N-dealkylation sites (tertiary alicyclic amines) is 1. The number of carbonyl (C=O) groups is 1. The fourth-order valence-corrected chi connectivity index (χ4v) is 4.53. The maximum absolute atomic E-state index is 12.7. The highest BCUT2D eigenvalue weighted by molar-refractivity contribution is 14.0. The molecule has 32 heavy (non-hydrogen) atoms. The highest BCUT2D eigenvalue weighted by atomic mass is 127. The molecule has 1 amide bonds. The van der Waals surface area contributed by atoms with Gasteiger partial charge >= 0.3 is 0 Å². The number of benzene rings is 1. The second kappa shape index (κ2) is 13.0. The average molecular weight is 560 g/mol. The number of methoxy groups -OCH3 is 3. The van der Waals surface area contributed by atoms with Crippen LogP contribution in [0.5, 0.6) is 17.2 Å². The predicted molar refractivity (Wildman–Crippen MR) is 137 cm³/mol. The molecule has 1 aromatic carbocycles. The molecule has 2 N–H and O–H groups in total. The zero-order chi connectivity index (χ0) is 22.2. The van der Waals surface area contributed by atoms with Crippen molar-refractivity contribution < 1.29 is 19.0 Å². The maximum atomic E-state index is 12.7. The van der Waals surface area contributed by atoms with Crippen LogP contribution in [-0.4, -0.2) is 70.8 Å². The minimum atomic E-state index is 0. The second-order valence-electron chi connectivity index (χ2n) is 8.16. The van der Waals surface area contributed by atoms with Gasteiger partial charge in [-0.1, -0.05) is 12.8 Å². The predicted octanol–water partition coefficient (Wildman–Crippen LogP) is 2.83. The third kappa shape index (κ3) is 6.55. The number of guanidine groups is 1. The summed E-state index contributed by atoms with van der Waals surface area (Å²) in [6.45, 7) is 2.23. The van der Waals surface area contributed by atoms with Crippen molar-refractivity contribution in [2.75, 3.05) is 48.0 Å². The van der Waals surface area contributed by atoms with Gasteiger partial charge in [0, 0.05) is 56.3 Å². The lowest BCUT2D eigenvalue weighted by atomic mass is 10.1. The molecule has 1 aliphatic heterocycles. The van der Waals surface area contributed by atoms with Crippen LogP contribution < -0.4 is 24.8 Å². The van der Waals surface area contributed by atoms with Crippen molar-refractivity contribution in [3.05, 3.63) is 17.7 Å². The number of carbonyl (C=O) groups excluding carboxylic acids is 1. The number of ether oxygens (including phenoxy) is 3. The number of halogens is 1. The molecule has 0 bridgehead atoms. The molecule has 2 aliphatic rings. The van der Waals surface area contributed by atoms with Crippen LogP contribution in [0.4, 0.5) is 0 Å². The summed E-state index contributed by atoms with van der Waals surface area (Å²) in [5.74, 6) is 3.48. The van der Waals surface area contributed by atoms with E-state index in [1.807, 2.05) is 17.0 Å². The van der Waals surface area contributed by atoms with Crippen LogP contribution in [0.25, 0.3) is 0 Å². The zero-order valence-electron chi connectivity index (χ0n) is 19.6. The molecule has 1 saturated carbocycles. The molecule has 2 fully saturated rings. The Kier molecular flexibility index (Phi) is 10.7. The summed E-state index contributed by atoms with van der Waals surface area (Å²) in [4.78, 5) is 19.0. The lowest BCUT2D eigenvalue weighted by molar-refractivity contribution is -0.134. The Balaban J connectivity index is 0.00000363. The van der Waals surface area contributed by atoms with Gasteiger partial charge in [0.05, 0.1) is 21.3 Å². The normalized spacial score (nSPS) is 18.8. The Bertz CT molecular complexity index is 758. The molecule has 1 aromatic rings. The van der Waals surface area contributed by atoms with E-state index in [4.69, 9.17) is 14.2 Å². The van der Waals surface area contributed by atoms with E-state index in [-0.39, 0.29) is 35.9 Å². The molecule has 180 valence electrons. The molecular formula is C23H37IN4O4. The van der Waals surface area contributed by atoms with Gasteiger partial charge in [-0.05, 0) is 25.7 Å². The summed E-state index contributed by atoms with van der Waals surface area (Å²) in [5.41, 5.74) is 0.975. The minimum Gasteiger partial charge on any atom is -0.496 e. The first-order valence-corrected chi connectivity index (χ1v) is 11.1. The van der Waals surface area contributed by atoms with E-state index >= 15 is 0 Å². The topological polar surface area (TPSA) is 84.4 Å². The van der Waals surface area contributed by atoms with Crippen molar-refractivity contribution in [2.45, 2.75) is 44.6 Å². The monoisotopic (exact) mass is 560 g/mol. The summed E-state index contributed by atoms with van der Waals surface area (Å²) in [6, 6.07) is 3.94. The molecule has 1 unspecified atom stereocenters. The first-order valence-electron chi connectivity index (χ1n) is 11.1. The van der Waals surface area contributed by atoms with Crippen molar-refractivity contribution >= 4 is 35.8 Å². The van der Waals surface area contributed by atoms with E-state index in [0.29, 0.717) is 24.6 Å². The van der Waals surface area contributed by atoms with Crippen molar-refractivity contribution in [1.82, 2.24) is 15.5 Å². The fraction of sp³-hybridized carbons (Fsp3) is 0.652. The van der Waals surface area contributed by atoms with E-state index < -0.39 is 0 Å². The van der Waals surface area contributed by atoms with Crippen LogP contribution in [0.2, 0.25) is 0 Å². The minimum absolute atomic E-state index is 0. The van der Waals surface area contributed by atoms with Crippen molar-refractivity contribution in [3.8, 4) is 17.2 Å². The van der Waals surface area contributed by atoms with Crippen LogP contribution in [0.3, 0.4) is 0 Å². The lowest BCUT2D eigenvalue weighted by Gasteiger charge is -2.21. The van der Waals surface area contributed by atoms with Crippen molar-refractivity contribution in [1.29, 1.82) is 0 Å². The largest absolute Gasteiger partial charge is 0.496 e. The van der Waals surface area contributed by atoms with Gasteiger partial charge in [-0.15, -0.1) is 24.0 Å². The Morgan fingerprint density at radius 1 is 1.09 bits per heavy atom. The summed E-state index contributed by atoms with van der Waals surface area (Å²) in [7, 11) is 6.67. The fourth-order valence-electron chi connectivity index (χ4n) is 4.53. The Morgan fingerprint density at radius 3 is 2.31 bits per heavy atom. The van der Waals surface area contributed by atoms with Crippen LogP contribution in [0.1, 0.15) is 37.7 Å². The van der Waals surface area contributed by atoms with E-state index in [1.165, 1.54) is 12.8 Å². The summed E-state index contributed by atoms with van der Waals surface area (Å²) >= 11 is 0. The maximum Gasteiger partial charge on any atom is 0.225 e. The first-order chi connectivity index (χ1) is 15.1. The zero-order valence-corrected chi connectivity index (χ0v) is 21.9. The number of nitrogens with one attached hydrogen (secondary N) is 2.